The van der Waals surface area contributed by atoms with Crippen molar-refractivity contribution in [1.82, 2.24) is 5.32 Å². The SMILES string of the molecule is CCCC(c1ccc(Br)cc1)c1ccc(OC)cc1.CCCC(c1ccccc1)c1ccc(Br)cc1.COC.COc1ccc(C(CNC(=O)OC(C)(C)C)c2ccc(Br)cc2)cc1. The summed E-state index contributed by atoms with van der Waals surface area (Å²) in [6.07, 6.45) is 4.32. The van der Waals surface area contributed by atoms with E-state index in [1.54, 1.807) is 28.4 Å². The van der Waals surface area contributed by atoms with E-state index in [4.69, 9.17) is 14.2 Å². The molecule has 0 aliphatic heterocycles. The molecule has 0 radical (unpaired) electrons. The first-order chi connectivity index (χ1) is 30.7. The molecule has 6 nitrogen and oxygen atoms in total. The van der Waals surface area contributed by atoms with E-state index in [1.807, 2.05) is 69.3 Å². The van der Waals surface area contributed by atoms with Crippen molar-refractivity contribution in [2.75, 3.05) is 35.0 Å². The molecule has 0 aliphatic carbocycles. The molecule has 0 heterocycles. The predicted octanol–water partition coefficient (Wildman–Crippen LogP) is 16.1. The minimum atomic E-state index is -0.517. The van der Waals surface area contributed by atoms with Gasteiger partial charge in [-0.25, -0.2) is 4.79 Å². The third-order valence-corrected chi connectivity index (χ3v) is 11.6. The van der Waals surface area contributed by atoms with Crippen LogP contribution in [0.1, 0.15) is 111 Å². The summed E-state index contributed by atoms with van der Waals surface area (Å²) in [4.78, 5) is 12.0. The van der Waals surface area contributed by atoms with Crippen LogP contribution in [0.25, 0.3) is 0 Å². The van der Waals surface area contributed by atoms with Gasteiger partial charge in [-0.1, -0.05) is 165 Å². The molecule has 0 spiro atoms. The monoisotopic (exact) mass is 1060 g/mol. The molecule has 0 fully saturated rings. The second-order valence-electron chi connectivity index (χ2n) is 16.1. The smallest absolute Gasteiger partial charge is 0.407 e. The Kier molecular flexibility index (Phi) is 24.6. The molecule has 0 aromatic heterocycles. The summed E-state index contributed by atoms with van der Waals surface area (Å²) in [7, 11) is 6.60. The van der Waals surface area contributed by atoms with Gasteiger partial charge in [-0.3, -0.25) is 0 Å². The number of hydrogen-bond donors (Lipinski definition) is 1. The third-order valence-electron chi connectivity index (χ3n) is 10.1. The van der Waals surface area contributed by atoms with E-state index >= 15 is 0 Å². The van der Waals surface area contributed by atoms with E-state index in [-0.39, 0.29) is 5.92 Å². The average molecular weight is 1060 g/mol. The molecule has 3 unspecified atom stereocenters. The summed E-state index contributed by atoms with van der Waals surface area (Å²) >= 11 is 10.4. The van der Waals surface area contributed by atoms with E-state index in [0.717, 1.165) is 42.5 Å². The van der Waals surface area contributed by atoms with Gasteiger partial charge in [-0.15, -0.1) is 0 Å². The second-order valence-corrected chi connectivity index (χ2v) is 18.9. The minimum absolute atomic E-state index is 0.0199. The molecular weight excluding hydrogens is 994 g/mol. The maximum atomic E-state index is 12.0. The number of carbonyl (C=O) groups is 1. The number of carbonyl (C=O) groups excluding carboxylic acids is 1. The van der Waals surface area contributed by atoms with Gasteiger partial charge in [0, 0.05) is 51.9 Å². The standard InChI is InChI=1S/C20H24BrNO3.C17H19BrO.C16H17Br.C2H6O/c1-20(2,3)25-19(23)22-13-18(14-5-9-16(21)10-6-14)15-7-11-17(24-4)12-8-15;1-3-4-17(13-5-9-15(18)10-6-13)14-7-11-16(19-2)12-8-14;1-2-6-16(13-7-4-3-5-8-13)14-9-11-15(17)12-10-14;1-3-2/h5-12,18H,13H2,1-4H3,(H,22,23);5-12,17H,3-4H2,1-2H3;3-5,7-12,16H,2,6H2,1H3;1-2H3. The van der Waals surface area contributed by atoms with E-state index in [0.29, 0.717) is 18.4 Å². The van der Waals surface area contributed by atoms with Crippen molar-refractivity contribution < 1.29 is 23.7 Å². The Labute approximate surface area is 408 Å². The number of ether oxygens (including phenoxy) is 4. The maximum absolute atomic E-state index is 12.0. The van der Waals surface area contributed by atoms with Crippen LogP contribution in [-0.2, 0) is 9.47 Å². The number of benzene rings is 6. The second kappa shape index (κ2) is 29.2. The average Bonchev–Trinajstić information content (AvgIpc) is 3.29. The van der Waals surface area contributed by atoms with E-state index in [9.17, 15) is 4.79 Å². The van der Waals surface area contributed by atoms with Gasteiger partial charge < -0.3 is 24.3 Å². The van der Waals surface area contributed by atoms with E-state index in [2.05, 4.69) is 175 Å². The molecule has 0 saturated carbocycles. The zero-order valence-electron chi connectivity index (χ0n) is 38.9. The first-order valence-corrected chi connectivity index (χ1v) is 24.1. The molecule has 6 aromatic rings. The number of alkyl carbamates (subject to hydrolysis) is 1. The van der Waals surface area contributed by atoms with Crippen LogP contribution >= 0.6 is 47.8 Å². The van der Waals surface area contributed by atoms with Crippen molar-refractivity contribution in [2.24, 2.45) is 0 Å². The van der Waals surface area contributed by atoms with Crippen molar-refractivity contribution in [2.45, 2.75) is 83.7 Å². The lowest BCUT2D eigenvalue weighted by Gasteiger charge is -2.23. The number of halogens is 3. The van der Waals surface area contributed by atoms with E-state index < -0.39 is 11.7 Å². The van der Waals surface area contributed by atoms with Gasteiger partial charge in [0.15, 0.2) is 0 Å². The Morgan fingerprint density at radius 2 is 0.781 bits per heavy atom. The van der Waals surface area contributed by atoms with Gasteiger partial charge in [-0.2, -0.15) is 0 Å². The lowest BCUT2D eigenvalue weighted by atomic mass is 9.88. The van der Waals surface area contributed by atoms with Crippen molar-refractivity contribution >= 4 is 53.9 Å². The molecule has 9 heteroatoms. The van der Waals surface area contributed by atoms with Gasteiger partial charge in [0.2, 0.25) is 0 Å². The van der Waals surface area contributed by atoms with Gasteiger partial charge in [0.1, 0.15) is 17.1 Å². The molecule has 1 N–H and O–H groups in total. The summed E-state index contributed by atoms with van der Waals surface area (Å²) in [6.45, 7) is 10.5. The summed E-state index contributed by atoms with van der Waals surface area (Å²) in [5.74, 6) is 2.72. The number of amides is 1. The highest BCUT2D eigenvalue weighted by molar-refractivity contribution is 9.11. The van der Waals surface area contributed by atoms with E-state index in [1.165, 1.54) is 41.5 Å². The highest BCUT2D eigenvalue weighted by Gasteiger charge is 2.20. The van der Waals surface area contributed by atoms with Gasteiger partial charge in [-0.05, 0) is 128 Å². The number of hydrogen-bond acceptors (Lipinski definition) is 5. The van der Waals surface area contributed by atoms with Gasteiger partial charge in [0.05, 0.1) is 14.2 Å². The Morgan fingerprint density at radius 3 is 1.08 bits per heavy atom. The molecule has 64 heavy (non-hydrogen) atoms. The summed E-state index contributed by atoms with van der Waals surface area (Å²) < 4.78 is 23.3. The Bertz CT molecular complexity index is 2160. The Morgan fingerprint density at radius 1 is 0.484 bits per heavy atom. The van der Waals surface area contributed by atoms with Crippen molar-refractivity contribution in [1.29, 1.82) is 0 Å². The van der Waals surface area contributed by atoms with Crippen molar-refractivity contribution in [3.8, 4) is 11.5 Å². The topological polar surface area (TPSA) is 66.0 Å². The van der Waals surface area contributed by atoms with Crippen LogP contribution in [0.4, 0.5) is 4.79 Å². The molecule has 6 aromatic carbocycles. The van der Waals surface area contributed by atoms with Gasteiger partial charge >= 0.3 is 6.09 Å². The summed E-state index contributed by atoms with van der Waals surface area (Å²) in [6, 6.07) is 52.5. The largest absolute Gasteiger partial charge is 0.497 e. The molecule has 0 saturated heterocycles. The zero-order chi connectivity index (χ0) is 46.9. The molecule has 1 amide bonds. The Balaban J connectivity index is 0.000000252. The molecular formula is C55H66Br3NO5. The highest BCUT2D eigenvalue weighted by atomic mass is 79.9. The van der Waals surface area contributed by atoms with Crippen LogP contribution in [0, 0.1) is 0 Å². The lowest BCUT2D eigenvalue weighted by Crippen LogP contribution is -2.35. The maximum Gasteiger partial charge on any atom is 0.407 e. The first kappa shape index (κ1) is 53.9. The predicted molar refractivity (Wildman–Crippen MR) is 277 cm³/mol. The number of rotatable bonds is 14. The molecule has 3 atom stereocenters. The molecule has 342 valence electrons. The molecule has 0 aliphatic rings. The summed E-state index contributed by atoms with van der Waals surface area (Å²) in [5.41, 5.74) is 7.24. The first-order valence-electron chi connectivity index (χ1n) is 21.7. The van der Waals surface area contributed by atoms with Crippen LogP contribution in [0.15, 0.2) is 165 Å². The number of methoxy groups -OCH3 is 3. The van der Waals surface area contributed by atoms with Crippen molar-refractivity contribution in [3.63, 3.8) is 0 Å². The normalized spacial score (nSPS) is 12.0. The molecule has 6 rings (SSSR count). The number of nitrogens with one attached hydrogen (secondary N) is 1. The summed E-state index contributed by atoms with van der Waals surface area (Å²) in [5, 5.41) is 2.88. The van der Waals surface area contributed by atoms with Gasteiger partial charge in [0.25, 0.3) is 0 Å². The third kappa shape index (κ3) is 19.4. The lowest BCUT2D eigenvalue weighted by molar-refractivity contribution is 0.0526. The van der Waals surface area contributed by atoms with Crippen LogP contribution in [0.3, 0.4) is 0 Å². The minimum Gasteiger partial charge on any atom is -0.497 e. The fourth-order valence-corrected chi connectivity index (χ4v) is 7.79. The molecule has 0 bridgehead atoms. The Hall–Kier alpha value is -4.41. The van der Waals surface area contributed by atoms with Crippen LogP contribution in [0.2, 0.25) is 0 Å². The van der Waals surface area contributed by atoms with Crippen LogP contribution < -0.4 is 14.8 Å². The fraction of sp³-hybridized carbons (Fsp3) is 0.327. The van der Waals surface area contributed by atoms with Crippen LogP contribution in [0.5, 0.6) is 11.5 Å². The highest BCUT2D eigenvalue weighted by Crippen LogP contribution is 2.32. The van der Waals surface area contributed by atoms with Crippen molar-refractivity contribution in [3.05, 3.63) is 198 Å². The van der Waals surface area contributed by atoms with Crippen LogP contribution in [-0.4, -0.2) is 46.7 Å². The fourth-order valence-electron chi connectivity index (χ4n) is 7.00. The quantitative estimate of drug-likeness (QED) is 0.118. The zero-order valence-corrected chi connectivity index (χ0v) is 43.6.